The van der Waals surface area contributed by atoms with Crippen molar-refractivity contribution in [3.8, 4) is 0 Å². The molecule has 0 aliphatic heterocycles. The summed E-state index contributed by atoms with van der Waals surface area (Å²) in [6.45, 7) is 0. The lowest BCUT2D eigenvalue weighted by molar-refractivity contribution is -0.137. The maximum absolute atomic E-state index is 10.4. The minimum Gasteiger partial charge on any atom is -0.481 e. The summed E-state index contributed by atoms with van der Waals surface area (Å²) >= 11 is 5.13. The van der Waals surface area contributed by atoms with Gasteiger partial charge in [0.15, 0.2) is 5.82 Å². The third-order valence-electron chi connectivity index (χ3n) is 2.73. The van der Waals surface area contributed by atoms with Crippen molar-refractivity contribution in [1.29, 1.82) is 0 Å². The summed E-state index contributed by atoms with van der Waals surface area (Å²) in [6, 6.07) is 7.98. The minimum atomic E-state index is -0.772. The molecule has 0 aliphatic carbocycles. The van der Waals surface area contributed by atoms with Crippen LogP contribution in [0.4, 0.5) is 0 Å². The number of hydrogen-bond acceptors (Lipinski definition) is 5. The molecule has 0 radical (unpaired) electrons. The van der Waals surface area contributed by atoms with E-state index in [1.54, 1.807) is 11.8 Å². The van der Waals surface area contributed by atoms with Crippen LogP contribution in [0.15, 0.2) is 38.2 Å². The Morgan fingerprint density at radius 1 is 1.33 bits per heavy atom. The molecule has 1 aromatic carbocycles. The highest BCUT2D eigenvalue weighted by Crippen LogP contribution is 2.28. The zero-order chi connectivity index (χ0) is 15.1. The number of carboxylic acids is 1. The topological polar surface area (TPSA) is 76.2 Å². The average molecular weight is 371 g/mol. The fourth-order valence-electron chi connectivity index (χ4n) is 1.71. The van der Waals surface area contributed by atoms with E-state index in [2.05, 4.69) is 26.1 Å². The van der Waals surface area contributed by atoms with Gasteiger partial charge in [0.25, 0.3) is 0 Å². The van der Waals surface area contributed by atoms with E-state index < -0.39 is 5.97 Å². The van der Waals surface area contributed by atoms with Gasteiger partial charge in [-0.25, -0.2) is 0 Å². The van der Waals surface area contributed by atoms with Crippen LogP contribution >= 0.6 is 27.7 Å². The summed E-state index contributed by atoms with van der Waals surface area (Å²) in [5, 5.41) is 12.5. The SMILES string of the molecule is O=C(O)CCCCc1nc(CSc2ccccc2Br)no1. The van der Waals surface area contributed by atoms with E-state index in [0.29, 0.717) is 30.3 Å². The lowest BCUT2D eigenvalue weighted by atomic mass is 10.2. The van der Waals surface area contributed by atoms with Crippen LogP contribution in [0.25, 0.3) is 0 Å². The summed E-state index contributed by atoms with van der Waals surface area (Å²) in [6.07, 6.45) is 2.17. The number of carbonyl (C=O) groups is 1. The Bertz CT molecular complexity index is 603. The van der Waals surface area contributed by atoms with Crippen molar-refractivity contribution < 1.29 is 14.4 Å². The Labute approximate surface area is 135 Å². The molecule has 21 heavy (non-hydrogen) atoms. The molecule has 0 atom stereocenters. The Hall–Kier alpha value is -1.34. The fourth-order valence-corrected chi connectivity index (χ4v) is 3.12. The highest BCUT2D eigenvalue weighted by molar-refractivity contribution is 9.10. The van der Waals surface area contributed by atoms with Gasteiger partial charge in [0.2, 0.25) is 5.89 Å². The van der Waals surface area contributed by atoms with Crippen molar-refractivity contribution in [1.82, 2.24) is 10.1 Å². The number of halogens is 1. The normalized spacial score (nSPS) is 10.7. The van der Waals surface area contributed by atoms with Gasteiger partial charge >= 0.3 is 5.97 Å². The summed E-state index contributed by atoms with van der Waals surface area (Å²) in [5.74, 6) is 1.10. The van der Waals surface area contributed by atoms with E-state index in [0.717, 1.165) is 15.8 Å². The molecular weight excluding hydrogens is 356 g/mol. The molecule has 0 fully saturated rings. The molecule has 0 aliphatic rings. The number of carboxylic acid groups (broad SMARTS) is 1. The molecule has 0 spiro atoms. The van der Waals surface area contributed by atoms with E-state index in [1.165, 1.54) is 0 Å². The molecule has 0 unspecified atom stereocenters. The third kappa shape index (κ3) is 5.51. The fraction of sp³-hybridized carbons (Fsp3) is 0.357. The Balaban J connectivity index is 1.78. The van der Waals surface area contributed by atoms with Crippen molar-refractivity contribution in [2.24, 2.45) is 0 Å². The molecule has 1 N–H and O–H groups in total. The zero-order valence-electron chi connectivity index (χ0n) is 11.3. The van der Waals surface area contributed by atoms with Crippen LogP contribution in [0.2, 0.25) is 0 Å². The Kier molecular flexibility index (Phi) is 6.25. The molecule has 0 amide bonds. The number of unbranched alkanes of at least 4 members (excludes halogenated alkanes) is 1. The van der Waals surface area contributed by atoms with Gasteiger partial charge in [0.05, 0.1) is 5.75 Å². The predicted molar refractivity (Wildman–Crippen MR) is 83.2 cm³/mol. The number of hydrogen-bond donors (Lipinski definition) is 1. The number of nitrogens with zero attached hydrogens (tertiary/aromatic N) is 2. The lowest BCUT2D eigenvalue weighted by Crippen LogP contribution is -1.95. The second-order valence-electron chi connectivity index (χ2n) is 4.42. The molecule has 7 heteroatoms. The monoisotopic (exact) mass is 370 g/mol. The molecule has 5 nitrogen and oxygen atoms in total. The minimum absolute atomic E-state index is 0.179. The number of thioether (sulfide) groups is 1. The second kappa shape index (κ2) is 8.19. The molecular formula is C14H15BrN2O3S. The zero-order valence-corrected chi connectivity index (χ0v) is 13.7. The summed E-state index contributed by atoms with van der Waals surface area (Å²) in [7, 11) is 0. The highest BCUT2D eigenvalue weighted by Gasteiger charge is 2.08. The Morgan fingerprint density at radius 2 is 2.14 bits per heavy atom. The summed E-state index contributed by atoms with van der Waals surface area (Å²) in [4.78, 5) is 15.8. The van der Waals surface area contributed by atoms with Gasteiger partial charge in [0, 0.05) is 22.2 Å². The quantitative estimate of drug-likeness (QED) is 0.560. The molecule has 2 aromatic rings. The summed E-state index contributed by atoms with van der Waals surface area (Å²) < 4.78 is 6.21. The first-order valence-corrected chi connectivity index (χ1v) is 8.33. The summed E-state index contributed by atoms with van der Waals surface area (Å²) in [5.41, 5.74) is 0. The van der Waals surface area contributed by atoms with Crippen LogP contribution < -0.4 is 0 Å². The number of benzene rings is 1. The van der Waals surface area contributed by atoms with Crippen molar-refractivity contribution in [2.45, 2.75) is 36.3 Å². The third-order valence-corrected chi connectivity index (χ3v) is 4.76. The van der Waals surface area contributed by atoms with Gasteiger partial charge in [-0.2, -0.15) is 4.98 Å². The van der Waals surface area contributed by atoms with E-state index in [-0.39, 0.29) is 6.42 Å². The van der Waals surface area contributed by atoms with E-state index in [1.807, 2.05) is 24.3 Å². The molecule has 0 bridgehead atoms. The molecule has 1 aromatic heterocycles. The largest absolute Gasteiger partial charge is 0.481 e. The van der Waals surface area contributed by atoms with Crippen LogP contribution in [-0.4, -0.2) is 21.2 Å². The van der Waals surface area contributed by atoms with Gasteiger partial charge in [-0.15, -0.1) is 11.8 Å². The van der Waals surface area contributed by atoms with Crippen LogP contribution in [0, 0.1) is 0 Å². The lowest BCUT2D eigenvalue weighted by Gasteiger charge is -2.00. The van der Waals surface area contributed by atoms with Crippen molar-refractivity contribution >= 4 is 33.7 Å². The number of rotatable bonds is 8. The smallest absolute Gasteiger partial charge is 0.303 e. The molecule has 0 saturated carbocycles. The van der Waals surface area contributed by atoms with E-state index in [4.69, 9.17) is 9.63 Å². The van der Waals surface area contributed by atoms with Gasteiger partial charge in [-0.1, -0.05) is 17.3 Å². The van der Waals surface area contributed by atoms with Gasteiger partial charge < -0.3 is 9.63 Å². The van der Waals surface area contributed by atoms with E-state index >= 15 is 0 Å². The van der Waals surface area contributed by atoms with Crippen molar-refractivity contribution in [3.05, 3.63) is 40.5 Å². The second-order valence-corrected chi connectivity index (χ2v) is 6.30. The first-order valence-electron chi connectivity index (χ1n) is 6.56. The predicted octanol–water partition coefficient (Wildman–Crippen LogP) is 3.92. The molecule has 0 saturated heterocycles. The van der Waals surface area contributed by atoms with Crippen LogP contribution in [-0.2, 0) is 17.0 Å². The van der Waals surface area contributed by atoms with Crippen molar-refractivity contribution in [2.75, 3.05) is 0 Å². The van der Waals surface area contributed by atoms with Gasteiger partial charge in [0.1, 0.15) is 0 Å². The van der Waals surface area contributed by atoms with Gasteiger partial charge in [-0.05, 0) is 40.9 Å². The first-order chi connectivity index (χ1) is 10.1. The van der Waals surface area contributed by atoms with Crippen LogP contribution in [0.1, 0.15) is 31.0 Å². The van der Waals surface area contributed by atoms with Gasteiger partial charge in [-0.3, -0.25) is 4.79 Å². The average Bonchev–Trinajstić information content (AvgIpc) is 2.90. The van der Waals surface area contributed by atoms with Crippen molar-refractivity contribution in [3.63, 3.8) is 0 Å². The number of aryl methyl sites for hydroxylation is 1. The first kappa shape index (κ1) is 16.0. The maximum Gasteiger partial charge on any atom is 0.303 e. The van der Waals surface area contributed by atoms with E-state index in [9.17, 15) is 4.79 Å². The maximum atomic E-state index is 10.4. The number of aromatic nitrogens is 2. The molecule has 1 heterocycles. The standard InChI is InChI=1S/C14H15BrN2O3S/c15-10-5-1-2-6-11(10)21-9-12-16-13(20-17-12)7-3-4-8-14(18)19/h1-2,5-6H,3-4,7-9H2,(H,18,19). The van der Waals surface area contributed by atoms with Crippen LogP contribution in [0.5, 0.6) is 0 Å². The molecule has 2 rings (SSSR count). The Morgan fingerprint density at radius 3 is 2.90 bits per heavy atom. The van der Waals surface area contributed by atoms with Crippen LogP contribution in [0.3, 0.4) is 0 Å². The molecule has 112 valence electrons. The number of aliphatic carboxylic acids is 1. The highest BCUT2D eigenvalue weighted by atomic mass is 79.9.